The Morgan fingerprint density at radius 3 is 2.85 bits per heavy atom. The van der Waals surface area contributed by atoms with Crippen molar-refractivity contribution in [3.05, 3.63) is 5.82 Å². The number of halogens is 1. The van der Waals surface area contributed by atoms with Crippen LogP contribution < -0.4 is 0 Å². The fourth-order valence-corrected chi connectivity index (χ4v) is 1.96. The Morgan fingerprint density at radius 1 is 1.38 bits per heavy atom. The molecule has 13 heavy (non-hydrogen) atoms. The second-order valence-electron chi connectivity index (χ2n) is 2.80. The fourth-order valence-electron chi connectivity index (χ4n) is 0.924. The first-order chi connectivity index (χ1) is 6.33. The number of aromatic amines is 1. The van der Waals surface area contributed by atoms with Crippen LogP contribution in [0.3, 0.4) is 0 Å². The summed E-state index contributed by atoms with van der Waals surface area (Å²) in [5.41, 5.74) is 0. The molecule has 0 bridgehead atoms. The van der Waals surface area contributed by atoms with Gasteiger partial charge in [0.15, 0.2) is 0 Å². The second-order valence-corrected chi connectivity index (χ2v) is 4.24. The molecule has 0 aliphatic heterocycles. The van der Waals surface area contributed by atoms with Gasteiger partial charge in [-0.2, -0.15) is 0 Å². The minimum atomic E-state index is 0.768. The van der Waals surface area contributed by atoms with E-state index in [4.69, 9.17) is 11.6 Å². The predicted octanol–water partition coefficient (Wildman–Crippen LogP) is 2.61. The molecule has 0 aliphatic rings. The van der Waals surface area contributed by atoms with Crippen LogP contribution in [-0.4, -0.2) is 26.8 Å². The third kappa shape index (κ3) is 4.52. The first-order valence-corrected chi connectivity index (χ1v) is 5.92. The monoisotopic (exact) mass is 219 g/mol. The molecule has 1 heterocycles. The van der Waals surface area contributed by atoms with Gasteiger partial charge in [0.1, 0.15) is 5.82 Å². The molecule has 0 aliphatic carbocycles. The molecule has 5 heteroatoms. The molecule has 0 amide bonds. The average molecular weight is 220 g/mol. The van der Waals surface area contributed by atoms with E-state index in [1.807, 2.05) is 6.92 Å². The maximum atomic E-state index is 5.56. The van der Waals surface area contributed by atoms with Gasteiger partial charge in [-0.1, -0.05) is 18.2 Å². The van der Waals surface area contributed by atoms with Crippen LogP contribution in [0.2, 0.25) is 0 Å². The lowest BCUT2D eigenvalue weighted by Crippen LogP contribution is -1.83. The van der Waals surface area contributed by atoms with Crippen LogP contribution in [0.5, 0.6) is 0 Å². The number of aromatic nitrogens is 3. The first-order valence-electron chi connectivity index (χ1n) is 4.40. The molecule has 1 N–H and O–H groups in total. The van der Waals surface area contributed by atoms with E-state index in [1.165, 1.54) is 12.8 Å². The van der Waals surface area contributed by atoms with Crippen molar-refractivity contribution in [1.82, 2.24) is 15.2 Å². The molecule has 0 aromatic carbocycles. The van der Waals surface area contributed by atoms with E-state index in [1.54, 1.807) is 11.8 Å². The van der Waals surface area contributed by atoms with Gasteiger partial charge in [0.25, 0.3) is 0 Å². The van der Waals surface area contributed by atoms with Crippen molar-refractivity contribution >= 4 is 23.4 Å². The minimum absolute atomic E-state index is 0.768. The summed E-state index contributed by atoms with van der Waals surface area (Å²) in [7, 11) is 0. The van der Waals surface area contributed by atoms with Crippen molar-refractivity contribution in [2.45, 2.75) is 31.3 Å². The van der Waals surface area contributed by atoms with Crippen LogP contribution in [0.25, 0.3) is 0 Å². The number of hydrogen-bond acceptors (Lipinski definition) is 3. The molecule has 0 unspecified atom stereocenters. The molecule has 3 nitrogen and oxygen atoms in total. The van der Waals surface area contributed by atoms with E-state index < -0.39 is 0 Å². The van der Waals surface area contributed by atoms with E-state index in [-0.39, 0.29) is 0 Å². The molecule has 74 valence electrons. The molecular weight excluding hydrogens is 206 g/mol. The number of rotatable bonds is 6. The van der Waals surface area contributed by atoms with Crippen molar-refractivity contribution in [3.63, 3.8) is 0 Å². The summed E-state index contributed by atoms with van der Waals surface area (Å²) in [5, 5.41) is 7.70. The van der Waals surface area contributed by atoms with Crippen LogP contribution in [0, 0.1) is 6.92 Å². The molecule has 0 atom stereocenters. The van der Waals surface area contributed by atoms with Crippen LogP contribution in [-0.2, 0) is 0 Å². The largest absolute Gasteiger partial charge is 0.262 e. The van der Waals surface area contributed by atoms with Gasteiger partial charge in [-0.15, -0.1) is 16.7 Å². The number of unbranched alkanes of at least 4 members (excludes halogenated alkanes) is 2. The molecule has 0 radical (unpaired) electrons. The van der Waals surface area contributed by atoms with Crippen molar-refractivity contribution in [2.75, 3.05) is 11.6 Å². The highest BCUT2D eigenvalue weighted by Gasteiger charge is 1.99. The zero-order chi connectivity index (χ0) is 9.52. The molecule has 0 fully saturated rings. The highest BCUT2D eigenvalue weighted by atomic mass is 35.5. The van der Waals surface area contributed by atoms with Gasteiger partial charge in [-0.05, 0) is 19.8 Å². The summed E-state index contributed by atoms with van der Waals surface area (Å²) in [5.74, 6) is 2.72. The lowest BCUT2D eigenvalue weighted by atomic mass is 10.3. The third-order valence-electron chi connectivity index (χ3n) is 1.59. The number of thioether (sulfide) groups is 1. The Balaban J connectivity index is 2.06. The van der Waals surface area contributed by atoms with Gasteiger partial charge < -0.3 is 0 Å². The number of hydrogen-bond donors (Lipinski definition) is 1. The van der Waals surface area contributed by atoms with E-state index in [0.29, 0.717) is 0 Å². The molecule has 1 aromatic heterocycles. The summed E-state index contributed by atoms with van der Waals surface area (Å²) < 4.78 is 0. The second kappa shape index (κ2) is 6.27. The lowest BCUT2D eigenvalue weighted by Gasteiger charge is -1.95. The Labute approximate surface area is 87.7 Å². The topological polar surface area (TPSA) is 41.6 Å². The number of aryl methyl sites for hydroxylation is 1. The van der Waals surface area contributed by atoms with E-state index in [9.17, 15) is 0 Å². The minimum Gasteiger partial charge on any atom is -0.262 e. The summed E-state index contributed by atoms with van der Waals surface area (Å²) in [6.07, 6.45) is 3.49. The van der Waals surface area contributed by atoms with Crippen molar-refractivity contribution in [2.24, 2.45) is 0 Å². The molecule has 1 rings (SSSR count). The van der Waals surface area contributed by atoms with Crippen molar-refractivity contribution in [3.8, 4) is 0 Å². The van der Waals surface area contributed by atoms with Crippen LogP contribution in [0.15, 0.2) is 5.16 Å². The van der Waals surface area contributed by atoms with Crippen LogP contribution >= 0.6 is 23.4 Å². The van der Waals surface area contributed by atoms with Crippen molar-refractivity contribution in [1.29, 1.82) is 0 Å². The Hall–Kier alpha value is -0.220. The number of alkyl halides is 1. The maximum Gasteiger partial charge on any atom is 0.208 e. The Kier molecular flexibility index (Phi) is 5.23. The summed E-state index contributed by atoms with van der Waals surface area (Å²) >= 11 is 7.26. The highest BCUT2D eigenvalue weighted by molar-refractivity contribution is 7.99. The quantitative estimate of drug-likeness (QED) is 0.454. The molecular formula is C8H14ClN3S. The van der Waals surface area contributed by atoms with E-state index >= 15 is 0 Å². The number of nitrogens with one attached hydrogen (secondary N) is 1. The fraction of sp³-hybridized carbons (Fsp3) is 0.750. The highest BCUT2D eigenvalue weighted by Crippen LogP contribution is 2.14. The molecule has 1 aromatic rings. The van der Waals surface area contributed by atoms with Gasteiger partial charge in [0, 0.05) is 11.6 Å². The predicted molar refractivity (Wildman–Crippen MR) is 56.4 cm³/mol. The molecule has 0 saturated carbocycles. The number of nitrogens with zero attached hydrogens (tertiary/aromatic N) is 2. The average Bonchev–Trinajstić information content (AvgIpc) is 2.51. The number of H-pyrrole nitrogens is 1. The summed E-state index contributed by atoms with van der Waals surface area (Å²) in [4.78, 5) is 4.20. The van der Waals surface area contributed by atoms with Gasteiger partial charge in [0.05, 0.1) is 0 Å². The lowest BCUT2D eigenvalue weighted by molar-refractivity contribution is 0.781. The maximum absolute atomic E-state index is 5.56. The van der Waals surface area contributed by atoms with E-state index in [2.05, 4.69) is 15.2 Å². The van der Waals surface area contributed by atoms with Crippen LogP contribution in [0.4, 0.5) is 0 Å². The summed E-state index contributed by atoms with van der Waals surface area (Å²) in [6, 6.07) is 0. The zero-order valence-electron chi connectivity index (χ0n) is 7.72. The zero-order valence-corrected chi connectivity index (χ0v) is 9.29. The third-order valence-corrected chi connectivity index (χ3v) is 2.79. The van der Waals surface area contributed by atoms with Gasteiger partial charge in [-0.3, -0.25) is 5.10 Å². The SMILES string of the molecule is Cc1nc(SCCCCCCl)n[nH]1. The smallest absolute Gasteiger partial charge is 0.208 e. The van der Waals surface area contributed by atoms with Gasteiger partial charge in [-0.25, -0.2) is 4.98 Å². The Morgan fingerprint density at radius 2 is 2.23 bits per heavy atom. The van der Waals surface area contributed by atoms with E-state index in [0.717, 1.165) is 29.0 Å². The van der Waals surface area contributed by atoms with Crippen molar-refractivity contribution < 1.29 is 0 Å². The summed E-state index contributed by atoms with van der Waals surface area (Å²) in [6.45, 7) is 1.91. The van der Waals surface area contributed by atoms with Crippen LogP contribution in [0.1, 0.15) is 25.1 Å². The Bertz CT molecular complexity index is 239. The first kappa shape index (κ1) is 10.9. The van der Waals surface area contributed by atoms with Gasteiger partial charge >= 0.3 is 0 Å². The normalized spacial score (nSPS) is 10.6. The molecule has 0 saturated heterocycles. The standard InChI is InChI=1S/C8H14ClN3S/c1-7-10-8(12-11-7)13-6-4-2-3-5-9/h2-6H2,1H3,(H,10,11,12). The molecule has 0 spiro atoms. The van der Waals surface area contributed by atoms with Gasteiger partial charge in [0.2, 0.25) is 5.16 Å².